The Bertz CT molecular complexity index is 1130. The highest BCUT2D eigenvalue weighted by Gasteiger charge is 2.42. The SMILES string of the molecule is COC(=O)CC(CCc1cc(OC)c(OC)c(OC)c1)COS(c1ccccc1)(c1ccccc1)C(C)(C)C. The summed E-state index contributed by atoms with van der Waals surface area (Å²) in [5.41, 5.74) is 1.03. The minimum Gasteiger partial charge on any atom is -0.493 e. The lowest BCUT2D eigenvalue weighted by atomic mass is 9.97. The number of esters is 1. The topological polar surface area (TPSA) is 63.2 Å². The van der Waals surface area contributed by atoms with Gasteiger partial charge in [0.1, 0.15) is 0 Å². The van der Waals surface area contributed by atoms with Crippen molar-refractivity contribution in [3.05, 3.63) is 78.4 Å². The lowest BCUT2D eigenvalue weighted by molar-refractivity contribution is -0.142. The number of hydrogen-bond acceptors (Lipinski definition) is 6. The highest BCUT2D eigenvalue weighted by molar-refractivity contribution is 8.31. The molecule has 3 rings (SSSR count). The molecule has 0 spiro atoms. The van der Waals surface area contributed by atoms with Gasteiger partial charge in [0.25, 0.3) is 0 Å². The number of carbonyl (C=O) groups is 1. The quantitative estimate of drug-likeness (QED) is 0.204. The number of methoxy groups -OCH3 is 4. The molecule has 212 valence electrons. The summed E-state index contributed by atoms with van der Waals surface area (Å²) < 4.78 is 28.5. The summed E-state index contributed by atoms with van der Waals surface area (Å²) in [7, 11) is 4.31. The monoisotopic (exact) mass is 554 g/mol. The van der Waals surface area contributed by atoms with Crippen molar-refractivity contribution < 1.29 is 27.9 Å². The number of aryl methyl sites for hydroxylation is 1. The highest BCUT2D eigenvalue weighted by atomic mass is 32.3. The second-order valence-corrected chi connectivity index (χ2v) is 13.8. The van der Waals surface area contributed by atoms with Crippen molar-refractivity contribution in [2.45, 2.75) is 54.6 Å². The molecule has 0 aliphatic heterocycles. The van der Waals surface area contributed by atoms with Crippen LogP contribution in [0.15, 0.2) is 82.6 Å². The molecule has 6 nitrogen and oxygen atoms in total. The van der Waals surface area contributed by atoms with Gasteiger partial charge in [-0.2, -0.15) is 0 Å². The molecular formula is C32H42O6S. The Labute approximate surface area is 235 Å². The van der Waals surface area contributed by atoms with Crippen LogP contribution in [0.4, 0.5) is 0 Å². The van der Waals surface area contributed by atoms with Gasteiger partial charge in [0.2, 0.25) is 5.75 Å². The number of rotatable bonds is 13. The van der Waals surface area contributed by atoms with Crippen LogP contribution in [0, 0.1) is 5.92 Å². The van der Waals surface area contributed by atoms with Gasteiger partial charge in [-0.3, -0.25) is 4.79 Å². The van der Waals surface area contributed by atoms with Crippen LogP contribution in [0.1, 0.15) is 39.2 Å². The van der Waals surface area contributed by atoms with Crippen LogP contribution in [-0.2, 0) is 20.1 Å². The summed E-state index contributed by atoms with van der Waals surface area (Å²) >= 11 is 0. The summed E-state index contributed by atoms with van der Waals surface area (Å²) in [5, 5.41) is 0. The normalized spacial score (nSPS) is 12.9. The van der Waals surface area contributed by atoms with Crippen molar-refractivity contribution >= 4 is 16.3 Å². The minimum absolute atomic E-state index is 0.0572. The first-order valence-corrected chi connectivity index (χ1v) is 14.7. The summed E-state index contributed by atoms with van der Waals surface area (Å²) in [6, 6.07) is 24.8. The molecule has 3 aromatic rings. The number of carbonyl (C=O) groups excluding carboxylic acids is 1. The summed E-state index contributed by atoms with van der Waals surface area (Å²) in [6.07, 6.45) is 1.69. The Morgan fingerprint density at radius 2 is 1.31 bits per heavy atom. The van der Waals surface area contributed by atoms with E-state index in [1.54, 1.807) is 21.3 Å². The predicted molar refractivity (Wildman–Crippen MR) is 157 cm³/mol. The predicted octanol–water partition coefficient (Wildman–Crippen LogP) is 7.48. The van der Waals surface area contributed by atoms with E-state index in [1.165, 1.54) is 7.11 Å². The Hall–Kier alpha value is -3.16. The molecule has 0 fully saturated rings. The van der Waals surface area contributed by atoms with Crippen LogP contribution in [0.5, 0.6) is 17.2 Å². The zero-order valence-electron chi connectivity index (χ0n) is 24.2. The third-order valence-corrected chi connectivity index (χ3v) is 10.8. The fraction of sp³-hybridized carbons (Fsp3) is 0.406. The van der Waals surface area contributed by atoms with Gasteiger partial charge in [0.15, 0.2) is 11.5 Å². The van der Waals surface area contributed by atoms with Gasteiger partial charge in [-0.05, 0) is 81.5 Å². The van der Waals surface area contributed by atoms with Crippen molar-refractivity contribution in [2.24, 2.45) is 5.92 Å². The summed E-state index contributed by atoms with van der Waals surface area (Å²) in [6.45, 7) is 7.10. The Morgan fingerprint density at radius 1 is 0.795 bits per heavy atom. The maximum absolute atomic E-state index is 12.5. The zero-order chi connectivity index (χ0) is 28.5. The molecule has 0 saturated heterocycles. The fourth-order valence-corrected chi connectivity index (χ4v) is 8.58. The van der Waals surface area contributed by atoms with E-state index < -0.39 is 10.3 Å². The zero-order valence-corrected chi connectivity index (χ0v) is 25.0. The molecule has 0 aliphatic rings. The van der Waals surface area contributed by atoms with Crippen molar-refractivity contribution in [2.75, 3.05) is 35.0 Å². The number of ether oxygens (including phenoxy) is 4. The van der Waals surface area contributed by atoms with E-state index in [-0.39, 0.29) is 23.1 Å². The fourth-order valence-electron chi connectivity index (χ4n) is 4.79. The number of hydrogen-bond donors (Lipinski definition) is 0. The van der Waals surface area contributed by atoms with E-state index in [0.29, 0.717) is 30.3 Å². The molecule has 7 heteroatoms. The Morgan fingerprint density at radius 3 is 1.72 bits per heavy atom. The van der Waals surface area contributed by atoms with Crippen molar-refractivity contribution in [3.63, 3.8) is 0 Å². The second kappa shape index (κ2) is 13.8. The molecule has 0 amide bonds. The van der Waals surface area contributed by atoms with Gasteiger partial charge in [-0.15, -0.1) is 0 Å². The molecule has 0 radical (unpaired) electrons. The summed E-state index contributed by atoms with van der Waals surface area (Å²) in [4.78, 5) is 14.8. The highest BCUT2D eigenvalue weighted by Crippen LogP contribution is 2.71. The van der Waals surface area contributed by atoms with Crippen LogP contribution in [0.25, 0.3) is 0 Å². The Kier molecular flexibility index (Phi) is 10.7. The molecule has 0 aliphatic carbocycles. The molecule has 0 heterocycles. The van der Waals surface area contributed by atoms with Crippen LogP contribution < -0.4 is 14.2 Å². The van der Waals surface area contributed by atoms with Crippen molar-refractivity contribution in [3.8, 4) is 17.2 Å². The van der Waals surface area contributed by atoms with Gasteiger partial charge < -0.3 is 23.1 Å². The van der Waals surface area contributed by atoms with Gasteiger partial charge in [-0.25, -0.2) is 0 Å². The molecule has 0 N–H and O–H groups in total. The maximum atomic E-state index is 12.5. The smallest absolute Gasteiger partial charge is 0.305 e. The Balaban J connectivity index is 1.95. The molecule has 0 aromatic heterocycles. The van der Waals surface area contributed by atoms with Crippen LogP contribution in [0.2, 0.25) is 0 Å². The average molecular weight is 555 g/mol. The molecule has 1 unspecified atom stereocenters. The third-order valence-electron chi connectivity index (χ3n) is 6.74. The van der Waals surface area contributed by atoms with Gasteiger partial charge in [0.05, 0.1) is 41.5 Å². The molecule has 39 heavy (non-hydrogen) atoms. The molecule has 0 bridgehead atoms. The maximum Gasteiger partial charge on any atom is 0.305 e. The van der Waals surface area contributed by atoms with Crippen LogP contribution >= 0.6 is 10.3 Å². The van der Waals surface area contributed by atoms with Crippen molar-refractivity contribution in [1.29, 1.82) is 0 Å². The van der Waals surface area contributed by atoms with E-state index in [0.717, 1.165) is 21.8 Å². The lowest BCUT2D eigenvalue weighted by Gasteiger charge is -2.50. The largest absolute Gasteiger partial charge is 0.493 e. The van der Waals surface area contributed by atoms with E-state index in [9.17, 15) is 4.79 Å². The molecule has 1 atom stereocenters. The van der Waals surface area contributed by atoms with E-state index in [4.69, 9.17) is 23.1 Å². The second-order valence-electron chi connectivity index (χ2n) is 10.3. The van der Waals surface area contributed by atoms with Crippen LogP contribution in [-0.4, -0.2) is 45.8 Å². The van der Waals surface area contributed by atoms with E-state index >= 15 is 0 Å². The average Bonchev–Trinajstić information content (AvgIpc) is 2.95. The van der Waals surface area contributed by atoms with Gasteiger partial charge in [-0.1, -0.05) is 46.7 Å². The van der Waals surface area contributed by atoms with Crippen molar-refractivity contribution in [1.82, 2.24) is 0 Å². The molecule has 3 aromatic carbocycles. The number of benzene rings is 3. The molecular weight excluding hydrogens is 512 g/mol. The van der Waals surface area contributed by atoms with E-state index in [1.807, 2.05) is 24.3 Å². The standard InChI is InChI=1S/C32H42O6S/c1-32(2,3)39(26-14-10-8-11-15-26,27-16-12-9-13-17-27)38-23-25(22-30(33)36-6)19-18-24-20-28(34-4)31(37-7)29(21-24)35-5/h8-17,20-21,25H,18-19,22-23H2,1-7H3. The first kappa shape index (κ1) is 30.4. The third kappa shape index (κ3) is 7.08. The first-order chi connectivity index (χ1) is 18.7. The summed E-state index contributed by atoms with van der Waals surface area (Å²) in [5.74, 6) is 1.47. The van der Waals surface area contributed by atoms with E-state index in [2.05, 4.69) is 69.3 Å². The van der Waals surface area contributed by atoms with Crippen LogP contribution in [0.3, 0.4) is 0 Å². The lowest BCUT2D eigenvalue weighted by Crippen LogP contribution is -2.30. The van der Waals surface area contributed by atoms with Gasteiger partial charge >= 0.3 is 5.97 Å². The first-order valence-electron chi connectivity index (χ1n) is 13.1. The molecule has 0 saturated carbocycles. The minimum atomic E-state index is -1.93. The van der Waals surface area contributed by atoms with Gasteiger partial charge in [0, 0.05) is 14.5 Å².